The van der Waals surface area contributed by atoms with Crippen LogP contribution in [0.15, 0.2) is 49.1 Å². The highest BCUT2D eigenvalue weighted by atomic mass is 16.5. The molecule has 0 aliphatic rings. The van der Waals surface area contributed by atoms with Crippen molar-refractivity contribution in [3.05, 3.63) is 60.2 Å². The molecule has 0 aliphatic carbocycles. The van der Waals surface area contributed by atoms with Gasteiger partial charge in [-0.3, -0.25) is 0 Å². The summed E-state index contributed by atoms with van der Waals surface area (Å²) in [6.45, 7) is 10.0. The molecule has 0 saturated carbocycles. The number of hydrogen-bond acceptors (Lipinski definition) is 2. The van der Waals surface area contributed by atoms with E-state index in [0.29, 0.717) is 0 Å². The molecule has 2 aromatic rings. The fourth-order valence-corrected chi connectivity index (χ4v) is 8.29. The molecule has 0 saturated heterocycles. The van der Waals surface area contributed by atoms with Crippen LogP contribution >= 0.6 is 0 Å². The van der Waals surface area contributed by atoms with E-state index in [1.807, 2.05) is 0 Å². The Morgan fingerprint density at radius 2 is 0.517 bits per heavy atom. The molecule has 0 bridgehead atoms. The van der Waals surface area contributed by atoms with Gasteiger partial charge in [0.1, 0.15) is 13.1 Å². The standard InChI is InChI=1S/C54H98N2O2/c1-3-5-7-9-11-13-15-17-19-21-23-25-27-29-31-35-43-55-45-39-53(40-46-55)51-57-49-37-33-34-38-50-58-52-54-41-47-56(48-42-54)44-36-32-30-28-26-24-22-20-18-16-14-12-10-8-6-4-2/h39-42,45-48H,3-38,43-44,49-52H2,1-2H3/q+2. The van der Waals surface area contributed by atoms with Crippen LogP contribution in [-0.4, -0.2) is 13.2 Å². The first-order valence-electron chi connectivity index (χ1n) is 25.9. The largest absolute Gasteiger partial charge is 0.377 e. The number of ether oxygens (including phenoxy) is 2. The molecule has 0 spiro atoms. The third kappa shape index (κ3) is 34.0. The molecule has 0 unspecified atom stereocenters. The molecule has 4 heteroatoms. The quantitative estimate of drug-likeness (QED) is 0.0492. The maximum atomic E-state index is 5.98. The zero-order chi connectivity index (χ0) is 41.1. The van der Waals surface area contributed by atoms with E-state index in [2.05, 4.69) is 72.0 Å². The number of unbranched alkanes of at least 4 members (excludes halogenated alkanes) is 33. The molecule has 0 N–H and O–H groups in total. The van der Waals surface area contributed by atoms with Gasteiger partial charge in [0.25, 0.3) is 0 Å². The summed E-state index contributed by atoms with van der Waals surface area (Å²) < 4.78 is 16.6. The van der Waals surface area contributed by atoms with E-state index < -0.39 is 0 Å². The van der Waals surface area contributed by atoms with Crippen molar-refractivity contribution in [3.8, 4) is 0 Å². The Balaban J connectivity index is 1.29. The van der Waals surface area contributed by atoms with Crippen molar-refractivity contribution < 1.29 is 18.6 Å². The smallest absolute Gasteiger partial charge is 0.169 e. The molecular formula is C54H98N2O2+2. The van der Waals surface area contributed by atoms with Crippen molar-refractivity contribution >= 4 is 0 Å². The summed E-state index contributed by atoms with van der Waals surface area (Å²) in [4.78, 5) is 0. The lowest BCUT2D eigenvalue weighted by atomic mass is 10.0. The zero-order valence-electron chi connectivity index (χ0n) is 39.0. The number of aromatic nitrogens is 2. The molecule has 0 fully saturated rings. The van der Waals surface area contributed by atoms with Crippen molar-refractivity contribution in [2.75, 3.05) is 13.2 Å². The fourth-order valence-electron chi connectivity index (χ4n) is 8.29. The van der Waals surface area contributed by atoms with E-state index in [1.165, 1.54) is 229 Å². The van der Waals surface area contributed by atoms with Crippen LogP contribution in [0.4, 0.5) is 0 Å². The number of nitrogens with zero attached hydrogens (tertiary/aromatic N) is 2. The highest BCUT2D eigenvalue weighted by molar-refractivity contribution is 5.06. The third-order valence-electron chi connectivity index (χ3n) is 12.3. The molecule has 334 valence electrons. The first kappa shape index (κ1) is 52.4. The van der Waals surface area contributed by atoms with Crippen molar-refractivity contribution in [2.24, 2.45) is 0 Å². The lowest BCUT2D eigenvalue weighted by Crippen LogP contribution is -2.32. The van der Waals surface area contributed by atoms with Crippen LogP contribution in [0.25, 0.3) is 0 Å². The summed E-state index contributed by atoms with van der Waals surface area (Å²) >= 11 is 0. The summed E-state index contributed by atoms with van der Waals surface area (Å²) in [5.74, 6) is 0. The minimum absolute atomic E-state index is 0.722. The van der Waals surface area contributed by atoms with Gasteiger partial charge < -0.3 is 9.47 Å². The molecular weight excluding hydrogens is 709 g/mol. The predicted octanol–water partition coefficient (Wildman–Crippen LogP) is 16.1. The summed E-state index contributed by atoms with van der Waals surface area (Å²) in [6.07, 6.45) is 59.2. The molecule has 4 nitrogen and oxygen atoms in total. The van der Waals surface area contributed by atoms with Gasteiger partial charge in [-0.25, -0.2) is 9.13 Å². The van der Waals surface area contributed by atoms with Gasteiger partial charge in [0.2, 0.25) is 0 Å². The van der Waals surface area contributed by atoms with Crippen LogP contribution in [0.2, 0.25) is 0 Å². The van der Waals surface area contributed by atoms with E-state index >= 15 is 0 Å². The van der Waals surface area contributed by atoms with Gasteiger partial charge in [-0.05, 0) is 36.8 Å². The van der Waals surface area contributed by atoms with E-state index in [4.69, 9.17) is 9.47 Å². The minimum Gasteiger partial charge on any atom is -0.377 e. The molecule has 2 heterocycles. The van der Waals surface area contributed by atoms with Crippen molar-refractivity contribution in [3.63, 3.8) is 0 Å². The van der Waals surface area contributed by atoms with Gasteiger partial charge in [0.05, 0.1) is 13.2 Å². The zero-order valence-corrected chi connectivity index (χ0v) is 39.0. The van der Waals surface area contributed by atoms with Crippen LogP contribution in [0, 0.1) is 0 Å². The van der Waals surface area contributed by atoms with Gasteiger partial charge in [-0.15, -0.1) is 0 Å². The van der Waals surface area contributed by atoms with Crippen LogP contribution < -0.4 is 9.13 Å². The Bertz CT molecular complexity index is 1000. The normalized spacial score (nSPS) is 11.6. The summed E-state index contributed by atoms with van der Waals surface area (Å²) in [5, 5.41) is 0. The van der Waals surface area contributed by atoms with Gasteiger partial charge >= 0.3 is 0 Å². The van der Waals surface area contributed by atoms with Crippen LogP contribution in [-0.2, 0) is 35.8 Å². The molecule has 58 heavy (non-hydrogen) atoms. The highest BCUT2D eigenvalue weighted by Crippen LogP contribution is 2.16. The lowest BCUT2D eigenvalue weighted by molar-refractivity contribution is -0.697. The van der Waals surface area contributed by atoms with Gasteiger partial charge in [0.15, 0.2) is 24.8 Å². The molecule has 2 aromatic heterocycles. The molecule has 0 amide bonds. The van der Waals surface area contributed by atoms with Gasteiger partial charge in [-0.2, -0.15) is 0 Å². The second-order valence-electron chi connectivity index (χ2n) is 18.0. The molecule has 0 radical (unpaired) electrons. The Morgan fingerprint density at radius 1 is 0.293 bits per heavy atom. The van der Waals surface area contributed by atoms with Crippen molar-refractivity contribution in [2.45, 2.75) is 271 Å². The summed E-state index contributed by atoms with van der Waals surface area (Å²) in [5.41, 5.74) is 2.56. The summed E-state index contributed by atoms with van der Waals surface area (Å²) in [6, 6.07) is 8.94. The Labute approximate surface area is 362 Å². The van der Waals surface area contributed by atoms with Crippen LogP contribution in [0.1, 0.15) is 256 Å². The van der Waals surface area contributed by atoms with Gasteiger partial charge in [-0.1, -0.05) is 206 Å². The molecule has 0 aromatic carbocycles. The fraction of sp³-hybridized carbons (Fsp3) is 0.815. The van der Waals surface area contributed by atoms with Crippen LogP contribution in [0.5, 0.6) is 0 Å². The third-order valence-corrected chi connectivity index (χ3v) is 12.3. The number of rotatable bonds is 45. The van der Waals surface area contributed by atoms with Crippen molar-refractivity contribution in [1.29, 1.82) is 0 Å². The van der Waals surface area contributed by atoms with E-state index in [1.54, 1.807) is 0 Å². The van der Waals surface area contributed by atoms with Crippen molar-refractivity contribution in [1.82, 2.24) is 0 Å². The van der Waals surface area contributed by atoms with E-state index in [9.17, 15) is 0 Å². The molecule has 0 atom stereocenters. The number of pyridine rings is 2. The van der Waals surface area contributed by atoms with E-state index in [0.717, 1.165) is 52.4 Å². The van der Waals surface area contributed by atoms with Crippen LogP contribution in [0.3, 0.4) is 0 Å². The highest BCUT2D eigenvalue weighted by Gasteiger charge is 2.04. The lowest BCUT2D eigenvalue weighted by Gasteiger charge is -2.06. The number of hydrogen-bond donors (Lipinski definition) is 0. The topological polar surface area (TPSA) is 26.2 Å². The minimum atomic E-state index is 0.722. The maximum Gasteiger partial charge on any atom is 0.169 e. The predicted molar refractivity (Wildman–Crippen MR) is 250 cm³/mol. The Morgan fingerprint density at radius 3 is 0.776 bits per heavy atom. The van der Waals surface area contributed by atoms with Gasteiger partial charge in [0, 0.05) is 50.3 Å². The average molecular weight is 807 g/mol. The summed E-state index contributed by atoms with van der Waals surface area (Å²) in [7, 11) is 0. The second-order valence-corrected chi connectivity index (χ2v) is 18.0. The maximum absolute atomic E-state index is 5.98. The average Bonchev–Trinajstić information content (AvgIpc) is 3.25. The number of aryl methyl sites for hydroxylation is 2. The monoisotopic (exact) mass is 807 g/mol. The molecule has 2 rings (SSSR count). The Hall–Kier alpha value is -1.78. The SMILES string of the molecule is CCCCCCCCCCCCCCCCCC[n+]1ccc(COCCCCCCOCc2cc[n+](CCCCCCCCCCCCCCCCCC)cc2)cc1. The first-order chi connectivity index (χ1) is 28.8. The van der Waals surface area contributed by atoms with E-state index in [-0.39, 0.29) is 0 Å². The molecule has 0 aliphatic heterocycles. The first-order valence-corrected chi connectivity index (χ1v) is 25.9. The second kappa shape index (κ2) is 41.9. The Kier molecular flexibility index (Phi) is 37.9.